The molecule has 1 saturated heterocycles. The number of nitrogens with one attached hydrogen (secondary N) is 1. The SMILES string of the molecule is Cc1ccc(S(=O)(=O)N2CCCCC2)cc1C(=O)Nc1cccc(I)c1. The molecule has 1 fully saturated rings. The Bertz CT molecular complexity index is 922. The Hall–Kier alpha value is -1.45. The van der Waals surface area contributed by atoms with Gasteiger partial charge in [-0.1, -0.05) is 18.6 Å². The number of carbonyl (C=O) groups is 1. The minimum absolute atomic E-state index is 0.179. The summed E-state index contributed by atoms with van der Waals surface area (Å²) in [5.41, 5.74) is 1.80. The first kappa shape index (κ1) is 19.3. The van der Waals surface area contributed by atoms with Gasteiger partial charge in [0.1, 0.15) is 0 Å². The van der Waals surface area contributed by atoms with Gasteiger partial charge in [0.2, 0.25) is 10.0 Å². The molecule has 0 bridgehead atoms. The van der Waals surface area contributed by atoms with Crippen LogP contribution in [0, 0.1) is 10.5 Å². The maximum atomic E-state index is 12.9. The molecule has 0 radical (unpaired) electrons. The molecule has 2 aromatic rings. The van der Waals surface area contributed by atoms with Crippen LogP contribution in [-0.2, 0) is 10.0 Å². The number of piperidine rings is 1. The zero-order chi connectivity index (χ0) is 18.7. The average molecular weight is 484 g/mol. The van der Waals surface area contributed by atoms with Gasteiger partial charge in [0.25, 0.3) is 5.91 Å². The van der Waals surface area contributed by atoms with Crippen LogP contribution in [0.2, 0.25) is 0 Å². The van der Waals surface area contributed by atoms with Crippen LogP contribution < -0.4 is 5.32 Å². The van der Waals surface area contributed by atoms with E-state index in [0.29, 0.717) is 24.3 Å². The first-order valence-corrected chi connectivity index (χ1v) is 11.1. The molecule has 0 aromatic heterocycles. The number of halogens is 1. The fourth-order valence-corrected chi connectivity index (χ4v) is 5.11. The van der Waals surface area contributed by atoms with Crippen LogP contribution in [0.4, 0.5) is 5.69 Å². The zero-order valence-corrected chi connectivity index (χ0v) is 17.5. The average Bonchev–Trinajstić information content (AvgIpc) is 2.62. The molecule has 26 heavy (non-hydrogen) atoms. The summed E-state index contributed by atoms with van der Waals surface area (Å²) in [6, 6.07) is 12.2. The molecule has 0 atom stereocenters. The summed E-state index contributed by atoms with van der Waals surface area (Å²) in [5.74, 6) is -0.305. The summed E-state index contributed by atoms with van der Waals surface area (Å²) in [6.07, 6.45) is 2.82. The normalized spacial score (nSPS) is 15.6. The topological polar surface area (TPSA) is 66.5 Å². The van der Waals surface area contributed by atoms with Crippen molar-refractivity contribution >= 4 is 44.2 Å². The largest absolute Gasteiger partial charge is 0.322 e. The second kappa shape index (κ2) is 8.06. The molecule has 0 saturated carbocycles. The van der Waals surface area contributed by atoms with Crippen molar-refractivity contribution in [2.75, 3.05) is 18.4 Å². The maximum Gasteiger partial charge on any atom is 0.255 e. The number of aryl methyl sites for hydroxylation is 1. The van der Waals surface area contributed by atoms with Gasteiger partial charge in [0.15, 0.2) is 0 Å². The van der Waals surface area contributed by atoms with E-state index in [4.69, 9.17) is 0 Å². The quantitative estimate of drug-likeness (QED) is 0.667. The molecule has 2 aromatic carbocycles. The third kappa shape index (κ3) is 4.27. The molecule has 1 aliphatic heterocycles. The van der Waals surface area contributed by atoms with E-state index in [-0.39, 0.29) is 10.8 Å². The van der Waals surface area contributed by atoms with Crippen LogP contribution in [0.5, 0.6) is 0 Å². The molecule has 1 aliphatic rings. The van der Waals surface area contributed by atoms with Crippen molar-refractivity contribution < 1.29 is 13.2 Å². The Balaban J connectivity index is 1.88. The Morgan fingerprint density at radius 1 is 1.08 bits per heavy atom. The summed E-state index contributed by atoms with van der Waals surface area (Å²) in [5, 5.41) is 2.85. The smallest absolute Gasteiger partial charge is 0.255 e. The van der Waals surface area contributed by atoms with E-state index in [9.17, 15) is 13.2 Å². The third-order valence-corrected chi connectivity index (χ3v) is 7.05. The first-order valence-electron chi connectivity index (χ1n) is 8.55. The van der Waals surface area contributed by atoms with Crippen LogP contribution in [0.15, 0.2) is 47.4 Å². The molecule has 0 aliphatic carbocycles. The zero-order valence-electron chi connectivity index (χ0n) is 14.5. The van der Waals surface area contributed by atoms with E-state index < -0.39 is 10.0 Å². The first-order chi connectivity index (χ1) is 12.4. The van der Waals surface area contributed by atoms with Crippen LogP contribution >= 0.6 is 22.6 Å². The Labute approximate surface area is 168 Å². The number of hydrogen-bond donors (Lipinski definition) is 1. The monoisotopic (exact) mass is 484 g/mol. The second-order valence-electron chi connectivity index (χ2n) is 6.41. The van der Waals surface area contributed by atoms with Gasteiger partial charge in [0.05, 0.1) is 4.90 Å². The number of anilines is 1. The van der Waals surface area contributed by atoms with Crippen molar-refractivity contribution in [3.05, 3.63) is 57.2 Å². The van der Waals surface area contributed by atoms with E-state index in [1.807, 2.05) is 24.3 Å². The number of hydrogen-bond acceptors (Lipinski definition) is 3. The third-order valence-electron chi connectivity index (χ3n) is 4.49. The van der Waals surface area contributed by atoms with Gasteiger partial charge in [-0.15, -0.1) is 0 Å². The van der Waals surface area contributed by atoms with E-state index >= 15 is 0 Å². The van der Waals surface area contributed by atoms with Gasteiger partial charge >= 0.3 is 0 Å². The summed E-state index contributed by atoms with van der Waals surface area (Å²) in [4.78, 5) is 12.9. The predicted octanol–water partition coefficient (Wildman–Crippen LogP) is 4.03. The van der Waals surface area contributed by atoms with Crippen molar-refractivity contribution in [3.8, 4) is 0 Å². The maximum absolute atomic E-state index is 12.9. The lowest BCUT2D eigenvalue weighted by atomic mass is 10.1. The highest BCUT2D eigenvalue weighted by Crippen LogP contribution is 2.23. The molecule has 7 heteroatoms. The number of rotatable bonds is 4. The summed E-state index contributed by atoms with van der Waals surface area (Å²) >= 11 is 2.18. The van der Waals surface area contributed by atoms with Crippen LogP contribution in [0.25, 0.3) is 0 Å². The molecule has 1 amide bonds. The van der Waals surface area contributed by atoms with Gasteiger partial charge in [-0.3, -0.25) is 4.79 Å². The highest BCUT2D eigenvalue weighted by molar-refractivity contribution is 14.1. The van der Waals surface area contributed by atoms with Crippen molar-refractivity contribution in [2.24, 2.45) is 0 Å². The van der Waals surface area contributed by atoms with Crippen LogP contribution in [0.1, 0.15) is 35.2 Å². The van der Waals surface area contributed by atoms with Gasteiger partial charge < -0.3 is 5.32 Å². The van der Waals surface area contributed by atoms with Crippen LogP contribution in [0.3, 0.4) is 0 Å². The molecule has 1 heterocycles. The predicted molar refractivity (Wildman–Crippen MR) is 111 cm³/mol. The molecule has 0 spiro atoms. The Morgan fingerprint density at radius 2 is 1.81 bits per heavy atom. The van der Waals surface area contributed by atoms with Gasteiger partial charge in [-0.05, 0) is 78.3 Å². The summed E-state index contributed by atoms with van der Waals surface area (Å²) < 4.78 is 28.3. The molecule has 1 N–H and O–H groups in total. The molecule has 138 valence electrons. The number of nitrogens with zero attached hydrogens (tertiary/aromatic N) is 1. The summed E-state index contributed by atoms with van der Waals surface area (Å²) in [6.45, 7) is 2.89. The van der Waals surface area contributed by atoms with E-state index in [1.165, 1.54) is 10.4 Å². The minimum Gasteiger partial charge on any atom is -0.322 e. The van der Waals surface area contributed by atoms with Gasteiger partial charge in [0, 0.05) is 27.9 Å². The molecular weight excluding hydrogens is 463 g/mol. The Morgan fingerprint density at radius 3 is 2.50 bits per heavy atom. The van der Waals surface area contributed by atoms with Gasteiger partial charge in [-0.2, -0.15) is 4.31 Å². The van der Waals surface area contributed by atoms with Gasteiger partial charge in [-0.25, -0.2) is 8.42 Å². The number of amides is 1. The lowest BCUT2D eigenvalue weighted by molar-refractivity contribution is 0.102. The van der Waals surface area contributed by atoms with Crippen LogP contribution in [-0.4, -0.2) is 31.7 Å². The molecule has 3 rings (SSSR count). The van der Waals surface area contributed by atoms with Crippen molar-refractivity contribution in [2.45, 2.75) is 31.1 Å². The molecule has 0 unspecified atom stereocenters. The second-order valence-corrected chi connectivity index (χ2v) is 9.59. The number of carbonyl (C=O) groups excluding carboxylic acids is 1. The Kier molecular flexibility index (Phi) is 5.99. The highest BCUT2D eigenvalue weighted by atomic mass is 127. The van der Waals surface area contributed by atoms with E-state index in [2.05, 4.69) is 27.9 Å². The molecular formula is C19H21IN2O3S. The van der Waals surface area contributed by atoms with Crippen molar-refractivity contribution in [1.29, 1.82) is 0 Å². The molecule has 5 nitrogen and oxygen atoms in total. The number of benzene rings is 2. The number of sulfonamides is 1. The fraction of sp³-hybridized carbons (Fsp3) is 0.316. The van der Waals surface area contributed by atoms with Crippen molar-refractivity contribution in [3.63, 3.8) is 0 Å². The lowest BCUT2D eigenvalue weighted by Gasteiger charge is -2.26. The fourth-order valence-electron chi connectivity index (χ4n) is 3.03. The minimum atomic E-state index is -3.56. The lowest BCUT2D eigenvalue weighted by Crippen LogP contribution is -2.35. The van der Waals surface area contributed by atoms with E-state index in [0.717, 1.165) is 28.4 Å². The summed E-state index contributed by atoms with van der Waals surface area (Å²) in [7, 11) is -3.56. The van der Waals surface area contributed by atoms with E-state index in [1.54, 1.807) is 19.1 Å². The standard InChI is InChI=1S/C19H21IN2O3S/c1-14-8-9-17(26(24,25)22-10-3-2-4-11-22)13-18(14)19(23)21-16-7-5-6-15(20)12-16/h5-9,12-13H,2-4,10-11H2,1H3,(H,21,23). The highest BCUT2D eigenvalue weighted by Gasteiger charge is 2.27. The van der Waals surface area contributed by atoms with Crippen molar-refractivity contribution in [1.82, 2.24) is 4.31 Å².